The Kier molecular flexibility index (Phi) is 4.62. The van der Waals surface area contributed by atoms with Crippen LogP contribution in [0.3, 0.4) is 0 Å². The molecule has 7 heteroatoms. The van der Waals surface area contributed by atoms with E-state index >= 15 is 0 Å². The van der Waals surface area contributed by atoms with Crippen LogP contribution in [0.1, 0.15) is 30.7 Å². The number of amides is 1. The van der Waals surface area contributed by atoms with Crippen molar-refractivity contribution >= 4 is 22.6 Å². The molecule has 0 radical (unpaired) electrons. The monoisotopic (exact) mass is 428 g/mol. The van der Waals surface area contributed by atoms with Crippen LogP contribution < -0.4 is 14.8 Å². The third-order valence-corrected chi connectivity index (χ3v) is 6.03. The molecule has 1 aliphatic rings. The minimum atomic E-state index is -0.791. The summed E-state index contributed by atoms with van der Waals surface area (Å²) in [7, 11) is 0. The van der Waals surface area contributed by atoms with E-state index in [-0.39, 0.29) is 12.7 Å². The fraction of sp³-hybridized carbons (Fsp3) is 0.240. The summed E-state index contributed by atoms with van der Waals surface area (Å²) < 4.78 is 10.8. The molecule has 0 spiro atoms. The summed E-state index contributed by atoms with van der Waals surface area (Å²) in [6, 6.07) is 15.5. The van der Waals surface area contributed by atoms with E-state index in [9.17, 15) is 4.79 Å². The number of benzene rings is 2. The highest BCUT2D eigenvalue weighted by molar-refractivity contribution is 5.98. The first-order valence-corrected chi connectivity index (χ1v) is 10.5. The van der Waals surface area contributed by atoms with Crippen LogP contribution >= 0.6 is 0 Å². The van der Waals surface area contributed by atoms with Crippen LogP contribution in [0, 0.1) is 13.8 Å². The van der Waals surface area contributed by atoms with Gasteiger partial charge < -0.3 is 14.8 Å². The molecule has 0 fully saturated rings. The van der Waals surface area contributed by atoms with E-state index in [1.54, 1.807) is 0 Å². The second kappa shape index (κ2) is 7.37. The number of rotatable bonds is 4. The molecule has 32 heavy (non-hydrogen) atoms. The van der Waals surface area contributed by atoms with Gasteiger partial charge in [0.15, 0.2) is 11.5 Å². The van der Waals surface area contributed by atoms with Gasteiger partial charge in [0.2, 0.25) is 12.7 Å². The Morgan fingerprint density at radius 2 is 1.84 bits per heavy atom. The molecule has 0 aliphatic carbocycles. The minimum absolute atomic E-state index is 0.153. The van der Waals surface area contributed by atoms with E-state index in [1.807, 2.05) is 70.2 Å². The summed E-state index contributed by atoms with van der Waals surface area (Å²) in [5.74, 6) is 1.71. The normalized spacial score (nSPS) is 12.9. The van der Waals surface area contributed by atoms with Gasteiger partial charge in [-0.3, -0.25) is 9.89 Å². The Balaban J connectivity index is 1.44. The van der Waals surface area contributed by atoms with Gasteiger partial charge in [0.1, 0.15) is 5.82 Å². The summed E-state index contributed by atoms with van der Waals surface area (Å²) in [6.07, 6.45) is 0. The predicted octanol–water partition coefficient (Wildman–Crippen LogP) is 4.89. The molecule has 0 saturated heterocycles. The molecule has 3 heterocycles. The van der Waals surface area contributed by atoms with Crippen LogP contribution in [-0.4, -0.2) is 27.9 Å². The van der Waals surface area contributed by atoms with Crippen LogP contribution in [0.5, 0.6) is 11.5 Å². The lowest BCUT2D eigenvalue weighted by molar-refractivity contribution is -0.120. The fourth-order valence-electron chi connectivity index (χ4n) is 3.87. The van der Waals surface area contributed by atoms with Crippen molar-refractivity contribution in [3.8, 4) is 22.8 Å². The highest BCUT2D eigenvalue weighted by Crippen LogP contribution is 2.37. The lowest BCUT2D eigenvalue weighted by Gasteiger charge is -2.24. The molecule has 0 unspecified atom stereocenters. The molecule has 4 aromatic rings. The van der Waals surface area contributed by atoms with Crippen molar-refractivity contribution in [1.82, 2.24) is 15.2 Å². The van der Waals surface area contributed by atoms with E-state index in [0.29, 0.717) is 17.3 Å². The standard InChI is InChI=1S/C25H24N4O3/c1-14-5-10-22(26-23(14)16-6-8-19-18(11-16)15(2)28-29-19)27-24(30)25(3,4)17-7-9-20-21(12-17)32-13-31-20/h5-12H,13H2,1-4H3,(H,28,29)(H,26,27,30). The predicted molar refractivity (Wildman–Crippen MR) is 123 cm³/mol. The summed E-state index contributed by atoms with van der Waals surface area (Å²) >= 11 is 0. The molecule has 1 amide bonds. The molecule has 5 rings (SSSR count). The largest absolute Gasteiger partial charge is 0.454 e. The van der Waals surface area contributed by atoms with Crippen molar-refractivity contribution in [2.45, 2.75) is 33.1 Å². The first kappa shape index (κ1) is 20.1. The van der Waals surface area contributed by atoms with Gasteiger partial charge in [0.05, 0.1) is 22.3 Å². The second-order valence-corrected chi connectivity index (χ2v) is 8.58. The van der Waals surface area contributed by atoms with Crippen LogP contribution in [-0.2, 0) is 10.2 Å². The molecule has 0 bridgehead atoms. The zero-order valence-electron chi connectivity index (χ0n) is 18.4. The van der Waals surface area contributed by atoms with Crippen molar-refractivity contribution in [2.75, 3.05) is 12.1 Å². The Hall–Kier alpha value is -3.87. The quantitative estimate of drug-likeness (QED) is 0.483. The number of ether oxygens (including phenoxy) is 2. The highest BCUT2D eigenvalue weighted by atomic mass is 16.7. The van der Waals surface area contributed by atoms with E-state index < -0.39 is 5.41 Å². The Morgan fingerprint density at radius 1 is 1.03 bits per heavy atom. The van der Waals surface area contributed by atoms with Crippen molar-refractivity contribution in [3.05, 3.63) is 65.4 Å². The van der Waals surface area contributed by atoms with E-state index in [0.717, 1.165) is 39.0 Å². The number of aryl methyl sites for hydroxylation is 2. The molecular weight excluding hydrogens is 404 g/mol. The zero-order valence-corrected chi connectivity index (χ0v) is 18.4. The van der Waals surface area contributed by atoms with Crippen LogP contribution in [0.25, 0.3) is 22.2 Å². The topological polar surface area (TPSA) is 89.1 Å². The van der Waals surface area contributed by atoms with Crippen LogP contribution in [0.15, 0.2) is 48.5 Å². The van der Waals surface area contributed by atoms with Crippen LogP contribution in [0.4, 0.5) is 5.82 Å². The van der Waals surface area contributed by atoms with Gasteiger partial charge in [-0.1, -0.05) is 18.2 Å². The van der Waals surface area contributed by atoms with Gasteiger partial charge in [0.25, 0.3) is 0 Å². The van der Waals surface area contributed by atoms with Crippen molar-refractivity contribution < 1.29 is 14.3 Å². The number of hydrogen-bond donors (Lipinski definition) is 2. The fourth-order valence-corrected chi connectivity index (χ4v) is 3.87. The first-order valence-electron chi connectivity index (χ1n) is 10.5. The second-order valence-electron chi connectivity index (χ2n) is 8.58. The number of aromatic nitrogens is 3. The Bertz CT molecular complexity index is 1360. The number of carbonyl (C=O) groups excluding carboxylic acids is 1. The molecule has 0 atom stereocenters. The van der Waals surface area contributed by atoms with Gasteiger partial charge in [-0.2, -0.15) is 5.10 Å². The number of nitrogens with one attached hydrogen (secondary N) is 2. The van der Waals surface area contributed by atoms with Crippen molar-refractivity contribution in [3.63, 3.8) is 0 Å². The van der Waals surface area contributed by atoms with Gasteiger partial charge in [-0.05, 0) is 69.2 Å². The molecular formula is C25H24N4O3. The lowest BCUT2D eigenvalue weighted by atomic mass is 9.83. The van der Waals surface area contributed by atoms with Crippen molar-refractivity contribution in [1.29, 1.82) is 0 Å². The number of pyridine rings is 1. The molecule has 2 N–H and O–H groups in total. The number of nitrogens with zero attached hydrogens (tertiary/aromatic N) is 2. The summed E-state index contributed by atoms with van der Waals surface area (Å²) in [4.78, 5) is 18.0. The third kappa shape index (κ3) is 3.36. The minimum Gasteiger partial charge on any atom is -0.454 e. The molecule has 7 nitrogen and oxygen atoms in total. The van der Waals surface area contributed by atoms with Crippen molar-refractivity contribution in [2.24, 2.45) is 0 Å². The average molecular weight is 428 g/mol. The lowest BCUT2D eigenvalue weighted by Crippen LogP contribution is -2.35. The maximum absolute atomic E-state index is 13.2. The maximum atomic E-state index is 13.2. The molecule has 2 aromatic heterocycles. The number of aromatic amines is 1. The zero-order chi connectivity index (χ0) is 22.5. The van der Waals surface area contributed by atoms with Crippen LogP contribution in [0.2, 0.25) is 0 Å². The Morgan fingerprint density at radius 3 is 2.69 bits per heavy atom. The summed E-state index contributed by atoms with van der Waals surface area (Å²) in [6.45, 7) is 7.94. The highest BCUT2D eigenvalue weighted by Gasteiger charge is 2.32. The SMILES string of the molecule is Cc1ccc(NC(=O)C(C)(C)c2ccc3c(c2)OCO3)nc1-c1ccc2[nH]nc(C)c2c1. The third-order valence-electron chi connectivity index (χ3n) is 6.03. The molecule has 162 valence electrons. The molecule has 0 saturated carbocycles. The van der Waals surface area contributed by atoms with Gasteiger partial charge in [-0.15, -0.1) is 0 Å². The number of carbonyl (C=O) groups is 1. The van der Waals surface area contributed by atoms with Gasteiger partial charge >= 0.3 is 0 Å². The average Bonchev–Trinajstić information content (AvgIpc) is 3.40. The number of anilines is 1. The maximum Gasteiger partial charge on any atom is 0.235 e. The molecule has 2 aromatic carbocycles. The van der Waals surface area contributed by atoms with Gasteiger partial charge in [0, 0.05) is 10.9 Å². The number of hydrogen-bond acceptors (Lipinski definition) is 5. The van der Waals surface area contributed by atoms with Gasteiger partial charge in [-0.25, -0.2) is 4.98 Å². The number of fused-ring (bicyclic) bond motifs is 2. The summed E-state index contributed by atoms with van der Waals surface area (Å²) in [5, 5.41) is 11.3. The van der Waals surface area contributed by atoms with E-state index in [2.05, 4.69) is 21.6 Å². The first-order chi connectivity index (χ1) is 15.3. The smallest absolute Gasteiger partial charge is 0.235 e. The number of H-pyrrole nitrogens is 1. The summed E-state index contributed by atoms with van der Waals surface area (Å²) in [5.41, 5.74) is 4.80. The Labute approximate surface area is 185 Å². The molecule has 1 aliphatic heterocycles. The van der Waals surface area contributed by atoms with E-state index in [1.165, 1.54) is 0 Å². The van der Waals surface area contributed by atoms with E-state index in [4.69, 9.17) is 14.5 Å².